The Bertz CT molecular complexity index is 476. The lowest BCUT2D eigenvalue weighted by molar-refractivity contribution is -0.125. The minimum Gasteiger partial charge on any atom is -0.371 e. The SMILES string of the molecule is CN1CCCC1C(=O)NCC1CCN(c2ccccc2)C1. The monoisotopic (exact) mass is 287 g/mol. The molecule has 1 aromatic rings. The largest absolute Gasteiger partial charge is 0.371 e. The average Bonchev–Trinajstić information content (AvgIpc) is 3.15. The molecule has 0 radical (unpaired) electrons. The summed E-state index contributed by atoms with van der Waals surface area (Å²) in [5, 5.41) is 3.16. The third kappa shape index (κ3) is 3.38. The number of hydrogen-bond donors (Lipinski definition) is 1. The van der Waals surface area contributed by atoms with Crippen LogP contribution in [0.2, 0.25) is 0 Å². The Morgan fingerprint density at radius 2 is 2.05 bits per heavy atom. The predicted molar refractivity (Wildman–Crippen MR) is 85.4 cm³/mol. The Kier molecular flexibility index (Phi) is 4.44. The quantitative estimate of drug-likeness (QED) is 0.916. The minimum atomic E-state index is 0.0941. The second-order valence-electron chi connectivity index (χ2n) is 6.32. The van der Waals surface area contributed by atoms with Gasteiger partial charge in [0.25, 0.3) is 0 Å². The van der Waals surface area contributed by atoms with E-state index in [2.05, 4.69) is 45.4 Å². The molecule has 2 fully saturated rings. The number of hydrogen-bond acceptors (Lipinski definition) is 3. The van der Waals surface area contributed by atoms with Gasteiger partial charge in [0, 0.05) is 25.3 Å². The minimum absolute atomic E-state index is 0.0941. The summed E-state index contributed by atoms with van der Waals surface area (Å²) >= 11 is 0. The van der Waals surface area contributed by atoms with Crippen LogP contribution in [0.15, 0.2) is 30.3 Å². The van der Waals surface area contributed by atoms with Crippen molar-refractivity contribution in [3.63, 3.8) is 0 Å². The molecule has 2 heterocycles. The van der Waals surface area contributed by atoms with Gasteiger partial charge in [-0.25, -0.2) is 0 Å². The van der Waals surface area contributed by atoms with Crippen molar-refractivity contribution in [2.75, 3.05) is 38.1 Å². The molecule has 2 aliphatic rings. The Labute approximate surface area is 127 Å². The van der Waals surface area contributed by atoms with Gasteiger partial charge in [-0.05, 0) is 50.9 Å². The van der Waals surface area contributed by atoms with Gasteiger partial charge in [0.05, 0.1) is 6.04 Å². The third-order valence-electron chi connectivity index (χ3n) is 4.80. The lowest BCUT2D eigenvalue weighted by Gasteiger charge is -2.21. The van der Waals surface area contributed by atoms with E-state index in [0.717, 1.165) is 45.4 Å². The molecule has 0 spiro atoms. The summed E-state index contributed by atoms with van der Waals surface area (Å²) in [5.41, 5.74) is 1.29. The van der Waals surface area contributed by atoms with Crippen LogP contribution in [0, 0.1) is 5.92 Å². The first kappa shape index (κ1) is 14.4. The molecule has 2 atom stereocenters. The molecule has 0 bridgehead atoms. The van der Waals surface area contributed by atoms with Crippen LogP contribution < -0.4 is 10.2 Å². The van der Waals surface area contributed by atoms with Gasteiger partial charge >= 0.3 is 0 Å². The summed E-state index contributed by atoms with van der Waals surface area (Å²) in [5.74, 6) is 0.786. The molecule has 1 aromatic carbocycles. The van der Waals surface area contributed by atoms with Crippen molar-refractivity contribution < 1.29 is 4.79 Å². The molecule has 4 nitrogen and oxygen atoms in total. The Morgan fingerprint density at radius 1 is 1.24 bits per heavy atom. The number of rotatable bonds is 4. The Morgan fingerprint density at radius 3 is 2.76 bits per heavy atom. The van der Waals surface area contributed by atoms with Crippen LogP contribution in [0.3, 0.4) is 0 Å². The maximum Gasteiger partial charge on any atom is 0.237 e. The number of amides is 1. The first-order chi connectivity index (χ1) is 10.2. The van der Waals surface area contributed by atoms with Crippen LogP contribution in [0.1, 0.15) is 19.3 Å². The summed E-state index contributed by atoms with van der Waals surface area (Å²) < 4.78 is 0. The van der Waals surface area contributed by atoms with E-state index in [1.165, 1.54) is 5.69 Å². The maximum absolute atomic E-state index is 12.2. The number of likely N-dealkylation sites (N-methyl/N-ethyl adjacent to an activating group) is 1. The number of likely N-dealkylation sites (tertiary alicyclic amines) is 1. The molecular formula is C17H25N3O. The average molecular weight is 287 g/mol. The fourth-order valence-corrected chi connectivity index (χ4v) is 3.48. The van der Waals surface area contributed by atoms with Gasteiger partial charge in [0.1, 0.15) is 0 Å². The number of nitrogens with one attached hydrogen (secondary N) is 1. The van der Waals surface area contributed by atoms with Gasteiger partial charge in [-0.3, -0.25) is 9.69 Å². The highest BCUT2D eigenvalue weighted by Gasteiger charge is 2.29. The molecule has 0 aromatic heterocycles. The molecule has 3 rings (SSSR count). The first-order valence-electron chi connectivity index (χ1n) is 8.02. The molecule has 0 aliphatic carbocycles. The zero-order chi connectivity index (χ0) is 14.7. The Hall–Kier alpha value is -1.55. The topological polar surface area (TPSA) is 35.6 Å². The van der Waals surface area contributed by atoms with E-state index in [-0.39, 0.29) is 11.9 Å². The first-order valence-corrected chi connectivity index (χ1v) is 8.02. The van der Waals surface area contributed by atoms with Crippen LogP contribution in [-0.4, -0.2) is 50.1 Å². The number of para-hydroxylation sites is 1. The van der Waals surface area contributed by atoms with Crippen molar-refractivity contribution in [1.82, 2.24) is 10.2 Å². The molecule has 0 saturated carbocycles. The molecule has 4 heteroatoms. The van der Waals surface area contributed by atoms with Crippen LogP contribution in [0.5, 0.6) is 0 Å². The zero-order valence-corrected chi connectivity index (χ0v) is 12.8. The smallest absolute Gasteiger partial charge is 0.237 e. The highest BCUT2D eigenvalue weighted by molar-refractivity contribution is 5.82. The van der Waals surface area contributed by atoms with E-state index < -0.39 is 0 Å². The van der Waals surface area contributed by atoms with Gasteiger partial charge in [0.15, 0.2) is 0 Å². The normalized spacial score (nSPS) is 26.2. The molecular weight excluding hydrogens is 262 g/mol. The van der Waals surface area contributed by atoms with Gasteiger partial charge in [0.2, 0.25) is 5.91 Å². The lowest BCUT2D eigenvalue weighted by Crippen LogP contribution is -2.43. The van der Waals surface area contributed by atoms with Gasteiger partial charge in [-0.15, -0.1) is 0 Å². The van der Waals surface area contributed by atoms with Gasteiger partial charge in [-0.1, -0.05) is 18.2 Å². The van der Waals surface area contributed by atoms with E-state index in [1.807, 2.05) is 7.05 Å². The Balaban J connectivity index is 1.46. The fraction of sp³-hybridized carbons (Fsp3) is 0.588. The molecule has 1 amide bonds. The van der Waals surface area contributed by atoms with E-state index >= 15 is 0 Å². The van der Waals surface area contributed by atoms with Crippen molar-refractivity contribution in [2.45, 2.75) is 25.3 Å². The summed E-state index contributed by atoms with van der Waals surface area (Å²) in [6, 6.07) is 10.6. The molecule has 114 valence electrons. The number of nitrogens with zero attached hydrogens (tertiary/aromatic N) is 2. The second-order valence-corrected chi connectivity index (χ2v) is 6.32. The van der Waals surface area contributed by atoms with Crippen molar-refractivity contribution in [3.05, 3.63) is 30.3 Å². The molecule has 2 aliphatic heterocycles. The van der Waals surface area contributed by atoms with Crippen molar-refractivity contribution in [3.8, 4) is 0 Å². The summed E-state index contributed by atoms with van der Waals surface area (Å²) in [4.78, 5) is 16.8. The summed E-state index contributed by atoms with van der Waals surface area (Å²) in [6.07, 6.45) is 3.30. The summed E-state index contributed by atoms with van der Waals surface area (Å²) in [7, 11) is 2.05. The maximum atomic E-state index is 12.2. The summed E-state index contributed by atoms with van der Waals surface area (Å²) in [6.45, 7) is 3.99. The van der Waals surface area contributed by atoms with Crippen LogP contribution in [-0.2, 0) is 4.79 Å². The third-order valence-corrected chi connectivity index (χ3v) is 4.80. The standard InChI is InChI=1S/C17H25N3O/c1-19-10-5-8-16(19)17(21)18-12-14-9-11-20(13-14)15-6-3-2-4-7-15/h2-4,6-7,14,16H,5,8-13H2,1H3,(H,18,21). The van der Waals surface area contributed by atoms with Crippen LogP contribution >= 0.6 is 0 Å². The molecule has 1 N–H and O–H groups in total. The number of anilines is 1. The number of carbonyl (C=O) groups excluding carboxylic acids is 1. The van der Waals surface area contributed by atoms with Crippen LogP contribution in [0.25, 0.3) is 0 Å². The number of carbonyl (C=O) groups is 1. The van der Waals surface area contributed by atoms with Gasteiger partial charge < -0.3 is 10.2 Å². The van der Waals surface area contributed by atoms with E-state index in [0.29, 0.717) is 5.92 Å². The van der Waals surface area contributed by atoms with E-state index in [4.69, 9.17) is 0 Å². The lowest BCUT2D eigenvalue weighted by atomic mass is 10.1. The zero-order valence-electron chi connectivity index (χ0n) is 12.8. The predicted octanol–water partition coefficient (Wildman–Crippen LogP) is 1.72. The second kappa shape index (κ2) is 6.48. The van der Waals surface area contributed by atoms with Gasteiger partial charge in [-0.2, -0.15) is 0 Å². The molecule has 21 heavy (non-hydrogen) atoms. The van der Waals surface area contributed by atoms with Crippen molar-refractivity contribution in [1.29, 1.82) is 0 Å². The number of benzene rings is 1. The molecule has 2 unspecified atom stereocenters. The van der Waals surface area contributed by atoms with E-state index in [1.54, 1.807) is 0 Å². The molecule has 2 saturated heterocycles. The van der Waals surface area contributed by atoms with Crippen LogP contribution in [0.4, 0.5) is 5.69 Å². The van der Waals surface area contributed by atoms with E-state index in [9.17, 15) is 4.79 Å². The highest BCUT2D eigenvalue weighted by Crippen LogP contribution is 2.23. The van der Waals surface area contributed by atoms with Crippen molar-refractivity contribution >= 4 is 11.6 Å². The highest BCUT2D eigenvalue weighted by atomic mass is 16.2. The fourth-order valence-electron chi connectivity index (χ4n) is 3.48. The van der Waals surface area contributed by atoms with Crippen molar-refractivity contribution in [2.24, 2.45) is 5.92 Å².